The number of hydrogen-bond acceptors (Lipinski definition) is 3. The van der Waals surface area contributed by atoms with Crippen LogP contribution in [0.5, 0.6) is 0 Å². The smallest absolute Gasteiger partial charge is 0.146 e. The molecule has 0 atom stereocenters. The van der Waals surface area contributed by atoms with Crippen molar-refractivity contribution in [2.45, 2.75) is 6.42 Å². The van der Waals surface area contributed by atoms with Crippen molar-refractivity contribution < 1.29 is 13.9 Å². The van der Waals surface area contributed by atoms with Gasteiger partial charge in [-0.15, -0.1) is 0 Å². The molecule has 74 valence electrons. The van der Waals surface area contributed by atoms with Gasteiger partial charge < -0.3 is 14.4 Å². The molecular weight excluding hydrogens is 160 g/mol. The highest BCUT2D eigenvalue weighted by molar-refractivity contribution is 4.49. The highest BCUT2D eigenvalue weighted by Gasteiger charge is 1.96. The second-order valence-corrected chi connectivity index (χ2v) is 2.66. The zero-order chi connectivity index (χ0) is 9.23. The Bertz CT molecular complexity index is 93.1. The van der Waals surface area contributed by atoms with Crippen LogP contribution in [0.25, 0.3) is 0 Å². The zero-order valence-corrected chi connectivity index (χ0v) is 7.88. The normalized spacial score (nSPS) is 11.0. The van der Waals surface area contributed by atoms with Crippen molar-refractivity contribution in [2.24, 2.45) is 0 Å². The number of rotatable bonds is 8. The average molecular weight is 178 g/mol. The molecule has 0 aliphatic heterocycles. The summed E-state index contributed by atoms with van der Waals surface area (Å²) in [6.45, 7) is 2.33. The molecule has 12 heavy (non-hydrogen) atoms. The quantitative estimate of drug-likeness (QED) is 0.407. The lowest BCUT2D eigenvalue weighted by Crippen LogP contribution is -2.24. The summed E-state index contributed by atoms with van der Waals surface area (Å²) in [5, 5.41) is 0. The van der Waals surface area contributed by atoms with Gasteiger partial charge in [0, 0.05) is 20.2 Å². The van der Waals surface area contributed by atoms with E-state index in [-0.39, 0.29) is 6.67 Å². The number of methoxy groups -OCH3 is 1. The van der Waals surface area contributed by atoms with Crippen molar-refractivity contribution in [1.82, 2.24) is 4.90 Å². The van der Waals surface area contributed by atoms with Gasteiger partial charge in [-0.05, 0) is 13.5 Å². The molecule has 0 aliphatic carbocycles. The molecule has 0 aromatic carbocycles. The van der Waals surface area contributed by atoms with Crippen molar-refractivity contribution in [3.8, 4) is 0 Å². The fourth-order valence-corrected chi connectivity index (χ4v) is 0.804. The molecule has 0 fully saturated rings. The summed E-state index contributed by atoms with van der Waals surface area (Å²) < 4.78 is 21.5. The topological polar surface area (TPSA) is 21.7 Å². The van der Waals surface area contributed by atoms with Gasteiger partial charge in [-0.1, -0.05) is 0 Å². The molecule has 0 bridgehead atoms. The molecule has 0 heterocycles. The van der Waals surface area contributed by atoms with Crippen molar-refractivity contribution in [3.05, 3.63) is 0 Å². The highest BCUT2D eigenvalue weighted by atomic mass is 18.2. The van der Waals surface area contributed by atoms with Crippen LogP contribution in [-0.2, 0) is 9.47 Å². The first kappa shape index (κ1) is 11.8. The Hall–Kier alpha value is -0.190. The fourth-order valence-electron chi connectivity index (χ4n) is 0.804. The van der Waals surface area contributed by atoms with Crippen LogP contribution < -0.4 is 0 Å². The largest absolute Gasteiger partial charge is 0.359 e. The summed E-state index contributed by atoms with van der Waals surface area (Å²) >= 11 is 0. The van der Waals surface area contributed by atoms with Gasteiger partial charge >= 0.3 is 0 Å². The minimum Gasteiger partial charge on any atom is -0.359 e. The number of alkyl halides is 1. The third kappa shape index (κ3) is 7.91. The third-order valence-corrected chi connectivity index (χ3v) is 1.49. The first-order valence-corrected chi connectivity index (χ1v) is 4.12. The monoisotopic (exact) mass is 178 g/mol. The van der Waals surface area contributed by atoms with Crippen molar-refractivity contribution in [2.75, 3.05) is 47.3 Å². The van der Waals surface area contributed by atoms with E-state index in [1.54, 1.807) is 7.11 Å². The molecule has 0 unspecified atom stereocenters. The van der Waals surface area contributed by atoms with E-state index in [2.05, 4.69) is 0 Å². The number of halogens is 1. The van der Waals surface area contributed by atoms with Crippen LogP contribution in [-0.4, -0.2) is 52.2 Å². The van der Waals surface area contributed by atoms with E-state index in [1.807, 2.05) is 11.9 Å². The Morgan fingerprint density at radius 2 is 2.08 bits per heavy atom. The standard InChI is InChI=1S/C8H18FNO2/c1-10(5-3-4-9)6-7-12-8-11-2/h3-8H2,1-2H3/i9-1. The number of ether oxygens (including phenoxy) is 2. The van der Waals surface area contributed by atoms with Crippen LogP contribution >= 0.6 is 0 Å². The van der Waals surface area contributed by atoms with Gasteiger partial charge in [0.1, 0.15) is 6.79 Å². The number of nitrogens with zero attached hydrogens (tertiary/aromatic N) is 1. The molecule has 0 rings (SSSR count). The second-order valence-electron chi connectivity index (χ2n) is 2.66. The maximum atomic E-state index is 11.7. The maximum Gasteiger partial charge on any atom is 0.146 e. The molecule has 0 aromatic heterocycles. The Labute approximate surface area is 73.4 Å². The molecular formula is C8H18FNO2. The summed E-state index contributed by atoms with van der Waals surface area (Å²) in [5.74, 6) is 0. The average Bonchev–Trinajstić information content (AvgIpc) is 2.09. The van der Waals surface area contributed by atoms with E-state index in [4.69, 9.17) is 9.47 Å². The minimum absolute atomic E-state index is 0.247. The van der Waals surface area contributed by atoms with Gasteiger partial charge in [0.2, 0.25) is 0 Å². The molecule has 0 amide bonds. The van der Waals surface area contributed by atoms with E-state index in [0.717, 1.165) is 13.1 Å². The number of likely N-dealkylation sites (N-methyl/N-ethyl adjacent to an activating group) is 1. The van der Waals surface area contributed by atoms with E-state index >= 15 is 0 Å². The molecule has 0 spiro atoms. The fraction of sp³-hybridized carbons (Fsp3) is 1.00. The lowest BCUT2D eigenvalue weighted by Gasteiger charge is -2.14. The van der Waals surface area contributed by atoms with Gasteiger partial charge in [-0.2, -0.15) is 0 Å². The third-order valence-electron chi connectivity index (χ3n) is 1.49. The molecule has 0 saturated carbocycles. The molecule has 0 aliphatic rings. The van der Waals surface area contributed by atoms with Crippen LogP contribution in [0.3, 0.4) is 0 Å². The van der Waals surface area contributed by atoms with Gasteiger partial charge in [-0.25, -0.2) is 0 Å². The number of hydrogen-bond donors (Lipinski definition) is 0. The Morgan fingerprint density at radius 3 is 2.67 bits per heavy atom. The van der Waals surface area contributed by atoms with Crippen LogP contribution in [0.1, 0.15) is 6.42 Å². The molecule has 0 aromatic rings. The molecule has 4 heteroatoms. The van der Waals surface area contributed by atoms with Gasteiger partial charge in [0.25, 0.3) is 0 Å². The summed E-state index contributed by atoms with van der Waals surface area (Å²) in [7, 11) is 3.54. The van der Waals surface area contributed by atoms with Crippen molar-refractivity contribution in [3.63, 3.8) is 0 Å². The van der Waals surface area contributed by atoms with Crippen LogP contribution in [0.15, 0.2) is 0 Å². The summed E-state index contributed by atoms with van der Waals surface area (Å²) in [6.07, 6.45) is 0.598. The summed E-state index contributed by atoms with van der Waals surface area (Å²) in [4.78, 5) is 2.04. The predicted molar refractivity (Wildman–Crippen MR) is 45.9 cm³/mol. The van der Waals surface area contributed by atoms with E-state index in [1.165, 1.54) is 0 Å². The predicted octanol–water partition coefficient (Wildman–Crippen LogP) is 0.898. The lowest BCUT2D eigenvalue weighted by atomic mass is 10.4. The van der Waals surface area contributed by atoms with Gasteiger partial charge in [0.05, 0.1) is 13.3 Å². The van der Waals surface area contributed by atoms with Gasteiger partial charge in [0.15, 0.2) is 0 Å². The van der Waals surface area contributed by atoms with Crippen LogP contribution in [0, 0.1) is 0 Å². The first-order valence-electron chi connectivity index (χ1n) is 4.12. The molecule has 0 saturated heterocycles. The maximum absolute atomic E-state index is 11.7. The van der Waals surface area contributed by atoms with Crippen LogP contribution in [0.4, 0.5) is 4.39 Å². The second kappa shape index (κ2) is 8.90. The first-order chi connectivity index (χ1) is 5.81. The van der Waals surface area contributed by atoms with E-state index in [0.29, 0.717) is 19.8 Å². The lowest BCUT2D eigenvalue weighted by molar-refractivity contribution is -0.0351. The van der Waals surface area contributed by atoms with E-state index in [9.17, 15) is 4.39 Å². The molecule has 3 nitrogen and oxygen atoms in total. The minimum atomic E-state index is -0.247. The Morgan fingerprint density at radius 1 is 1.33 bits per heavy atom. The Balaban J connectivity index is 3.02. The molecule has 0 radical (unpaired) electrons. The highest BCUT2D eigenvalue weighted by Crippen LogP contribution is 1.88. The van der Waals surface area contributed by atoms with Crippen molar-refractivity contribution >= 4 is 0 Å². The van der Waals surface area contributed by atoms with Gasteiger partial charge in [-0.3, -0.25) is 4.39 Å². The van der Waals surface area contributed by atoms with Crippen LogP contribution in [0.2, 0.25) is 0 Å². The van der Waals surface area contributed by atoms with E-state index < -0.39 is 0 Å². The molecule has 0 N–H and O–H groups in total. The Kier molecular flexibility index (Phi) is 8.76. The summed E-state index contributed by atoms with van der Waals surface area (Å²) in [6, 6.07) is 0. The summed E-state index contributed by atoms with van der Waals surface area (Å²) in [5.41, 5.74) is 0. The zero-order valence-electron chi connectivity index (χ0n) is 7.88. The SMILES string of the molecule is COCOCCN(C)CCC[18F]. The van der Waals surface area contributed by atoms with Crippen molar-refractivity contribution in [1.29, 1.82) is 0 Å².